The molecule has 0 aliphatic carbocycles. The van der Waals surface area contributed by atoms with Gasteiger partial charge in [-0.3, -0.25) is 4.79 Å². The first kappa shape index (κ1) is 11.9. The second kappa shape index (κ2) is 5.64. The molecule has 4 heteroatoms. The lowest BCUT2D eigenvalue weighted by Crippen LogP contribution is -2.41. The fourth-order valence-electron chi connectivity index (χ4n) is 2.95. The quantitative estimate of drug-likeness (QED) is 0.748. The number of rotatable bonds is 4. The van der Waals surface area contributed by atoms with Crippen molar-refractivity contribution in [2.45, 2.75) is 38.1 Å². The summed E-state index contributed by atoms with van der Waals surface area (Å²) >= 11 is 0. The minimum atomic E-state index is -0.681. The van der Waals surface area contributed by atoms with Crippen LogP contribution in [0.2, 0.25) is 0 Å². The molecule has 2 heterocycles. The third kappa shape index (κ3) is 3.19. The first-order valence-corrected chi connectivity index (χ1v) is 6.43. The molecule has 92 valence electrons. The van der Waals surface area contributed by atoms with E-state index in [0.29, 0.717) is 0 Å². The Hall–Kier alpha value is -0.610. The van der Waals surface area contributed by atoms with Crippen LogP contribution in [0.3, 0.4) is 0 Å². The van der Waals surface area contributed by atoms with Gasteiger partial charge in [-0.05, 0) is 51.2 Å². The average molecular weight is 226 g/mol. The van der Waals surface area contributed by atoms with E-state index in [4.69, 9.17) is 5.11 Å². The van der Waals surface area contributed by atoms with Crippen molar-refractivity contribution >= 4 is 5.97 Å². The van der Waals surface area contributed by atoms with Crippen LogP contribution in [-0.2, 0) is 4.79 Å². The highest BCUT2D eigenvalue weighted by Gasteiger charge is 2.28. The standard InChI is InChI=1S/C12H22N2O2/c15-12(16)5-9-14-7-3-10(4-8-14)11-2-1-6-13-11/h10-11,13H,1-9H2,(H,15,16). The van der Waals surface area contributed by atoms with E-state index in [0.717, 1.165) is 31.6 Å². The van der Waals surface area contributed by atoms with Crippen molar-refractivity contribution in [2.75, 3.05) is 26.2 Å². The highest BCUT2D eigenvalue weighted by molar-refractivity contribution is 5.66. The second-order valence-electron chi connectivity index (χ2n) is 5.03. The van der Waals surface area contributed by atoms with E-state index in [1.54, 1.807) is 0 Å². The first-order chi connectivity index (χ1) is 7.75. The Balaban J connectivity index is 1.67. The van der Waals surface area contributed by atoms with Gasteiger partial charge in [-0.1, -0.05) is 0 Å². The molecule has 16 heavy (non-hydrogen) atoms. The lowest BCUT2D eigenvalue weighted by molar-refractivity contribution is -0.137. The van der Waals surface area contributed by atoms with Gasteiger partial charge in [0, 0.05) is 12.6 Å². The molecule has 1 unspecified atom stereocenters. The maximum absolute atomic E-state index is 10.5. The summed E-state index contributed by atoms with van der Waals surface area (Å²) in [6, 6.07) is 0.738. The lowest BCUT2D eigenvalue weighted by atomic mass is 9.88. The monoisotopic (exact) mass is 226 g/mol. The fraction of sp³-hybridized carbons (Fsp3) is 0.917. The van der Waals surface area contributed by atoms with Crippen molar-refractivity contribution in [1.29, 1.82) is 0 Å². The molecule has 2 aliphatic heterocycles. The molecule has 2 fully saturated rings. The van der Waals surface area contributed by atoms with Crippen LogP contribution in [-0.4, -0.2) is 48.2 Å². The third-order valence-corrected chi connectivity index (χ3v) is 3.94. The molecule has 0 amide bonds. The average Bonchev–Trinajstić information content (AvgIpc) is 2.80. The largest absolute Gasteiger partial charge is 0.481 e. The van der Waals surface area contributed by atoms with Gasteiger partial charge in [0.1, 0.15) is 0 Å². The normalized spacial score (nSPS) is 28.4. The molecule has 2 saturated heterocycles. The fourth-order valence-corrected chi connectivity index (χ4v) is 2.95. The molecule has 0 bridgehead atoms. The molecule has 2 N–H and O–H groups in total. The molecule has 2 aliphatic rings. The number of hydrogen-bond donors (Lipinski definition) is 2. The van der Waals surface area contributed by atoms with Gasteiger partial charge in [-0.15, -0.1) is 0 Å². The topological polar surface area (TPSA) is 52.6 Å². The summed E-state index contributed by atoms with van der Waals surface area (Å²) in [5.41, 5.74) is 0. The van der Waals surface area contributed by atoms with Gasteiger partial charge in [-0.2, -0.15) is 0 Å². The van der Waals surface area contributed by atoms with E-state index in [2.05, 4.69) is 10.2 Å². The number of nitrogens with zero attached hydrogens (tertiary/aromatic N) is 1. The number of nitrogens with one attached hydrogen (secondary N) is 1. The van der Waals surface area contributed by atoms with Crippen molar-refractivity contribution in [3.63, 3.8) is 0 Å². The van der Waals surface area contributed by atoms with Crippen molar-refractivity contribution in [3.8, 4) is 0 Å². The zero-order valence-electron chi connectivity index (χ0n) is 9.82. The van der Waals surface area contributed by atoms with Crippen LogP contribution in [0.1, 0.15) is 32.1 Å². The van der Waals surface area contributed by atoms with Crippen molar-refractivity contribution in [2.24, 2.45) is 5.92 Å². The summed E-state index contributed by atoms with van der Waals surface area (Å²) in [5, 5.41) is 12.2. The Kier molecular flexibility index (Phi) is 4.18. The molecular formula is C12H22N2O2. The van der Waals surface area contributed by atoms with E-state index >= 15 is 0 Å². The molecular weight excluding hydrogens is 204 g/mol. The summed E-state index contributed by atoms with van der Waals surface area (Å²) in [6.45, 7) is 4.07. The minimum absolute atomic E-state index is 0.284. The van der Waals surface area contributed by atoms with Crippen LogP contribution < -0.4 is 5.32 Å². The smallest absolute Gasteiger partial charge is 0.304 e. The third-order valence-electron chi connectivity index (χ3n) is 3.94. The molecule has 4 nitrogen and oxygen atoms in total. The molecule has 0 saturated carbocycles. The van der Waals surface area contributed by atoms with E-state index in [1.165, 1.54) is 32.2 Å². The van der Waals surface area contributed by atoms with E-state index in [-0.39, 0.29) is 6.42 Å². The van der Waals surface area contributed by atoms with E-state index in [9.17, 15) is 4.79 Å². The summed E-state index contributed by atoms with van der Waals surface area (Å²) in [6.07, 6.45) is 5.41. The van der Waals surface area contributed by atoms with Gasteiger partial charge >= 0.3 is 5.97 Å². The van der Waals surface area contributed by atoms with Crippen LogP contribution in [0.25, 0.3) is 0 Å². The zero-order chi connectivity index (χ0) is 11.4. The van der Waals surface area contributed by atoms with Crippen molar-refractivity contribution in [1.82, 2.24) is 10.2 Å². The Morgan fingerprint density at radius 3 is 2.62 bits per heavy atom. The number of piperidine rings is 1. The van der Waals surface area contributed by atoms with Crippen LogP contribution in [0.4, 0.5) is 0 Å². The maximum atomic E-state index is 10.5. The first-order valence-electron chi connectivity index (χ1n) is 6.43. The number of carboxylic acid groups (broad SMARTS) is 1. The van der Waals surface area contributed by atoms with E-state index < -0.39 is 5.97 Å². The molecule has 0 aromatic heterocycles. The number of carboxylic acids is 1. The number of aliphatic carboxylic acids is 1. The number of hydrogen-bond acceptors (Lipinski definition) is 3. The highest BCUT2D eigenvalue weighted by atomic mass is 16.4. The van der Waals surface area contributed by atoms with Gasteiger partial charge in [0.2, 0.25) is 0 Å². The predicted octanol–water partition coefficient (Wildman–Crippen LogP) is 0.925. The Labute approximate surface area is 97.0 Å². The maximum Gasteiger partial charge on any atom is 0.304 e. The van der Waals surface area contributed by atoms with E-state index in [1.807, 2.05) is 0 Å². The van der Waals surface area contributed by atoms with Gasteiger partial charge in [-0.25, -0.2) is 0 Å². The molecule has 2 rings (SSSR count). The molecule has 0 aromatic rings. The van der Waals surface area contributed by atoms with Crippen molar-refractivity contribution in [3.05, 3.63) is 0 Å². The summed E-state index contributed by atoms with van der Waals surface area (Å²) < 4.78 is 0. The van der Waals surface area contributed by atoms with Gasteiger partial charge in [0.25, 0.3) is 0 Å². The highest BCUT2D eigenvalue weighted by Crippen LogP contribution is 2.25. The SMILES string of the molecule is O=C(O)CCN1CCC(C2CCCN2)CC1. The summed E-state index contributed by atoms with van der Waals surface area (Å²) in [7, 11) is 0. The van der Waals surface area contributed by atoms with Crippen LogP contribution >= 0.6 is 0 Å². The Morgan fingerprint density at radius 2 is 2.06 bits per heavy atom. The predicted molar refractivity (Wildman–Crippen MR) is 62.4 cm³/mol. The Morgan fingerprint density at radius 1 is 1.31 bits per heavy atom. The number of carbonyl (C=O) groups is 1. The minimum Gasteiger partial charge on any atom is -0.481 e. The molecule has 1 atom stereocenters. The molecule has 0 aromatic carbocycles. The van der Waals surface area contributed by atoms with Gasteiger partial charge in [0.05, 0.1) is 6.42 Å². The van der Waals surface area contributed by atoms with Crippen LogP contribution in [0.5, 0.6) is 0 Å². The summed E-state index contributed by atoms with van der Waals surface area (Å²) in [4.78, 5) is 12.8. The van der Waals surface area contributed by atoms with Crippen LogP contribution in [0, 0.1) is 5.92 Å². The van der Waals surface area contributed by atoms with Crippen LogP contribution in [0.15, 0.2) is 0 Å². The lowest BCUT2D eigenvalue weighted by Gasteiger charge is -2.34. The van der Waals surface area contributed by atoms with Crippen molar-refractivity contribution < 1.29 is 9.90 Å². The van der Waals surface area contributed by atoms with Gasteiger partial charge in [0.15, 0.2) is 0 Å². The zero-order valence-corrected chi connectivity index (χ0v) is 9.82. The molecule has 0 radical (unpaired) electrons. The second-order valence-corrected chi connectivity index (χ2v) is 5.03. The summed E-state index contributed by atoms with van der Waals surface area (Å²) in [5.74, 6) is 0.142. The van der Waals surface area contributed by atoms with Gasteiger partial charge < -0.3 is 15.3 Å². The Bertz CT molecular complexity index is 231. The molecule has 0 spiro atoms. The number of likely N-dealkylation sites (tertiary alicyclic amines) is 1.